The zero-order valence-electron chi connectivity index (χ0n) is 10.2. The number of furan rings is 1. The van der Waals surface area contributed by atoms with Gasteiger partial charge in [0.25, 0.3) is 0 Å². The Morgan fingerprint density at radius 1 is 1.40 bits per heavy atom. The molecule has 0 spiro atoms. The average molecular weight is 299 g/mol. The van der Waals surface area contributed by atoms with Gasteiger partial charge in [0, 0.05) is 5.56 Å². The Bertz CT molecular complexity index is 699. The molecule has 0 unspecified atom stereocenters. The number of aliphatic hydroxyl groups excluding tert-OH is 3. The van der Waals surface area contributed by atoms with Gasteiger partial charge in [-0.1, -0.05) is 12.2 Å². The zero-order valence-corrected chi connectivity index (χ0v) is 11.0. The van der Waals surface area contributed by atoms with Gasteiger partial charge in [0.2, 0.25) is 0 Å². The number of aromatic nitrogens is 2. The van der Waals surface area contributed by atoms with E-state index in [1.165, 1.54) is 6.26 Å². The molecule has 0 bridgehead atoms. The Morgan fingerprint density at radius 2 is 2.15 bits per heavy atom. The first-order chi connectivity index (χ1) is 9.52. The third-order valence-electron chi connectivity index (χ3n) is 3.34. The van der Waals surface area contributed by atoms with Gasteiger partial charge in [0.15, 0.2) is 16.2 Å². The number of nitrogens with two attached hydrogens (primary N) is 1. The minimum absolute atomic E-state index is 0.108. The molecule has 0 aliphatic carbocycles. The maximum Gasteiger partial charge on any atom is 0.199 e. The Kier molecular flexibility index (Phi) is 3.22. The molecule has 2 aromatic heterocycles. The third kappa shape index (κ3) is 1.91. The lowest BCUT2D eigenvalue weighted by Crippen LogP contribution is -2.32. The molecule has 0 aromatic carbocycles. The van der Waals surface area contributed by atoms with Crippen molar-refractivity contribution in [3.05, 3.63) is 16.5 Å². The van der Waals surface area contributed by atoms with Crippen LogP contribution in [0.2, 0.25) is 0 Å². The molecule has 8 nitrogen and oxygen atoms in total. The second-order valence-electron chi connectivity index (χ2n) is 4.58. The Morgan fingerprint density at radius 3 is 2.80 bits per heavy atom. The number of anilines is 1. The van der Waals surface area contributed by atoms with E-state index < -0.39 is 31.0 Å². The summed E-state index contributed by atoms with van der Waals surface area (Å²) in [5.41, 5.74) is 6.84. The Labute approximate surface area is 117 Å². The van der Waals surface area contributed by atoms with Crippen molar-refractivity contribution in [3.63, 3.8) is 0 Å². The van der Waals surface area contributed by atoms with Gasteiger partial charge in [-0.25, -0.2) is 0 Å². The van der Waals surface area contributed by atoms with Crippen LogP contribution >= 0.6 is 12.2 Å². The summed E-state index contributed by atoms with van der Waals surface area (Å²) in [5, 5.41) is 28.9. The lowest BCUT2D eigenvalue weighted by molar-refractivity contribution is -0.0226. The third-order valence-corrected chi connectivity index (χ3v) is 3.61. The number of nitrogens with zero attached hydrogens (tertiary/aromatic N) is 1. The van der Waals surface area contributed by atoms with E-state index in [1.807, 2.05) is 0 Å². The van der Waals surface area contributed by atoms with Crippen LogP contribution in [-0.2, 0) is 4.74 Å². The molecule has 9 heteroatoms. The lowest BCUT2D eigenvalue weighted by Gasteiger charge is -2.13. The summed E-state index contributed by atoms with van der Waals surface area (Å²) in [5.74, 6) is 0.108. The molecule has 3 heterocycles. The first kappa shape index (κ1) is 13.5. The van der Waals surface area contributed by atoms with Crippen LogP contribution in [0, 0.1) is 4.64 Å². The molecule has 3 rings (SSSR count). The number of aliphatic hydroxyl groups is 3. The van der Waals surface area contributed by atoms with E-state index in [1.54, 1.807) is 0 Å². The van der Waals surface area contributed by atoms with E-state index in [-0.39, 0.29) is 10.6 Å². The molecule has 6 N–H and O–H groups in total. The maximum atomic E-state index is 10.0. The number of nitrogens with one attached hydrogen (secondary N) is 1. The number of fused-ring (bicyclic) bond motifs is 1. The number of H-pyrrole nitrogens is 1. The van der Waals surface area contributed by atoms with Crippen molar-refractivity contribution in [1.29, 1.82) is 0 Å². The Hall–Kier alpha value is -1.52. The first-order valence-electron chi connectivity index (χ1n) is 5.92. The van der Waals surface area contributed by atoms with E-state index in [0.717, 1.165) is 0 Å². The van der Waals surface area contributed by atoms with Gasteiger partial charge < -0.3 is 35.2 Å². The molecule has 0 amide bonds. The highest BCUT2D eigenvalue weighted by atomic mass is 32.1. The number of nitrogen functional groups attached to an aromatic ring is 1. The van der Waals surface area contributed by atoms with Gasteiger partial charge in [0.1, 0.15) is 24.4 Å². The number of hydrogen-bond donors (Lipinski definition) is 5. The van der Waals surface area contributed by atoms with Gasteiger partial charge in [-0.05, 0) is 0 Å². The summed E-state index contributed by atoms with van der Waals surface area (Å²) in [4.78, 5) is 6.65. The van der Waals surface area contributed by atoms with Gasteiger partial charge in [0.05, 0.1) is 18.4 Å². The number of ether oxygens (including phenoxy) is 1. The molecule has 1 fully saturated rings. The molecule has 2 aromatic rings. The first-order valence-corrected chi connectivity index (χ1v) is 6.33. The zero-order chi connectivity index (χ0) is 14.4. The van der Waals surface area contributed by atoms with Crippen molar-refractivity contribution < 1.29 is 24.5 Å². The highest BCUT2D eigenvalue weighted by Crippen LogP contribution is 2.37. The fourth-order valence-corrected chi connectivity index (χ4v) is 2.59. The number of aromatic amines is 1. The summed E-state index contributed by atoms with van der Waals surface area (Å²) in [6, 6.07) is 0. The maximum absolute atomic E-state index is 10.0. The van der Waals surface area contributed by atoms with E-state index in [4.69, 9.17) is 32.2 Å². The predicted molar refractivity (Wildman–Crippen MR) is 70.3 cm³/mol. The predicted octanol–water partition coefficient (Wildman–Crippen LogP) is -0.378. The van der Waals surface area contributed by atoms with Gasteiger partial charge in [-0.3, -0.25) is 0 Å². The molecule has 1 aliphatic heterocycles. The van der Waals surface area contributed by atoms with Crippen molar-refractivity contribution in [3.8, 4) is 0 Å². The minimum atomic E-state index is -1.19. The topological polar surface area (TPSA) is 138 Å². The van der Waals surface area contributed by atoms with Crippen LogP contribution < -0.4 is 5.73 Å². The van der Waals surface area contributed by atoms with Crippen LogP contribution in [0.15, 0.2) is 10.7 Å². The van der Waals surface area contributed by atoms with Gasteiger partial charge in [-0.15, -0.1) is 0 Å². The smallest absolute Gasteiger partial charge is 0.199 e. The molecule has 0 saturated carbocycles. The molecular formula is C11H13N3O5S. The van der Waals surface area contributed by atoms with Crippen LogP contribution in [0.1, 0.15) is 11.7 Å². The van der Waals surface area contributed by atoms with Crippen molar-refractivity contribution in [2.45, 2.75) is 24.4 Å². The quantitative estimate of drug-likeness (QED) is 0.473. The fourth-order valence-electron chi connectivity index (χ4n) is 2.34. The van der Waals surface area contributed by atoms with E-state index >= 15 is 0 Å². The SMILES string of the molecule is Nc1nc(=S)c2occ([C@@H]3O[C@H](CO)[C@@H](O)[C@H]3O)c2[nH]1. The van der Waals surface area contributed by atoms with Gasteiger partial charge in [-0.2, -0.15) is 4.98 Å². The van der Waals surface area contributed by atoms with Crippen molar-refractivity contribution in [1.82, 2.24) is 9.97 Å². The van der Waals surface area contributed by atoms with Crippen LogP contribution in [0.5, 0.6) is 0 Å². The van der Waals surface area contributed by atoms with E-state index in [9.17, 15) is 10.2 Å². The van der Waals surface area contributed by atoms with Crippen LogP contribution in [0.25, 0.3) is 11.1 Å². The molecule has 108 valence electrons. The fraction of sp³-hybridized carbons (Fsp3) is 0.455. The minimum Gasteiger partial charge on any atom is -0.459 e. The highest BCUT2D eigenvalue weighted by molar-refractivity contribution is 7.71. The molecule has 1 saturated heterocycles. The summed E-state index contributed by atoms with van der Waals surface area (Å²) in [6.45, 7) is -0.399. The van der Waals surface area contributed by atoms with E-state index in [0.29, 0.717) is 16.7 Å². The number of hydrogen-bond acceptors (Lipinski definition) is 8. The molecule has 4 atom stereocenters. The second-order valence-corrected chi connectivity index (χ2v) is 4.97. The normalized spacial score (nSPS) is 30.1. The summed E-state index contributed by atoms with van der Waals surface area (Å²) in [7, 11) is 0. The largest absolute Gasteiger partial charge is 0.459 e. The summed E-state index contributed by atoms with van der Waals surface area (Å²) >= 11 is 5.03. The lowest BCUT2D eigenvalue weighted by atomic mass is 10.0. The summed E-state index contributed by atoms with van der Waals surface area (Å²) in [6.07, 6.45) is -2.72. The molecule has 1 aliphatic rings. The average Bonchev–Trinajstić information content (AvgIpc) is 2.93. The van der Waals surface area contributed by atoms with E-state index in [2.05, 4.69) is 9.97 Å². The second kappa shape index (κ2) is 4.79. The molecule has 20 heavy (non-hydrogen) atoms. The van der Waals surface area contributed by atoms with Crippen LogP contribution in [0.3, 0.4) is 0 Å². The van der Waals surface area contributed by atoms with Crippen molar-refractivity contribution in [2.75, 3.05) is 12.3 Å². The molecular weight excluding hydrogens is 286 g/mol. The monoisotopic (exact) mass is 299 g/mol. The standard InChI is InChI=1S/C11H13N3O5S/c12-11-13-5-3(2-18-9(5)10(20)14-11)8-7(17)6(16)4(1-15)19-8/h2,4,6-8,15-17H,1H2,(H3,12,13,14,20)/t4-,6-,7-,8+/m1/s1. The van der Waals surface area contributed by atoms with Crippen molar-refractivity contribution >= 4 is 29.3 Å². The van der Waals surface area contributed by atoms with Crippen LogP contribution in [-0.4, -0.2) is 50.2 Å². The Balaban J connectivity index is 2.09. The van der Waals surface area contributed by atoms with Gasteiger partial charge >= 0.3 is 0 Å². The summed E-state index contributed by atoms with van der Waals surface area (Å²) < 4.78 is 10.9. The molecule has 0 radical (unpaired) electrons. The van der Waals surface area contributed by atoms with Crippen LogP contribution in [0.4, 0.5) is 5.95 Å². The highest BCUT2D eigenvalue weighted by Gasteiger charge is 2.44. The van der Waals surface area contributed by atoms with Crippen molar-refractivity contribution in [2.24, 2.45) is 0 Å². The number of rotatable bonds is 2.